The van der Waals surface area contributed by atoms with Gasteiger partial charge in [-0.1, -0.05) is 35.3 Å². The standard InChI is InChI=1S/C43H47Cl2F2N11O4/c1-54-29-10-8-25(20-28(29)34-36(41(54)61)62-22-43(46,47)37(50-34)24-6-7-24)48-39-32(44)38(45)51-42(52-39)58-18-16-56(17-19-58)21-23-12-14-57(15-13-23)30-5-3-4-26-33(53-55(2)35(26)30)27-9-11-31(59)49-40(27)60/h3-5,8,10,20,23-24,27,37,50H,6-7,9,11-19,21-22H2,1-2H3,(H,48,51,52)(H,49,59,60)/t27?,37-/m0/s1. The molecule has 5 aromatic rings. The van der Waals surface area contributed by atoms with Crippen LogP contribution in [0.5, 0.6) is 5.75 Å². The number of piperazine rings is 1. The van der Waals surface area contributed by atoms with Crippen molar-refractivity contribution in [1.29, 1.82) is 0 Å². The summed E-state index contributed by atoms with van der Waals surface area (Å²) in [5, 5.41) is 15.3. The summed E-state index contributed by atoms with van der Waals surface area (Å²) in [6.45, 7) is 4.99. The van der Waals surface area contributed by atoms with Crippen LogP contribution < -0.4 is 36.0 Å². The van der Waals surface area contributed by atoms with Crippen LogP contribution in [0.25, 0.3) is 21.8 Å². The fourth-order valence-electron chi connectivity index (χ4n) is 9.72. The SMILES string of the molecule is Cn1nc(C2CCC(=O)NC2=O)c2cccc(N3CCC(CN4CCN(c5nc(Cl)c(Cl)c(Nc6ccc7c(c6)c6c(c(=O)n7C)OCC(F)(F)[C@H](C7CC7)N6)n5)CC4)CC3)c21. The van der Waals surface area contributed by atoms with E-state index in [4.69, 9.17) is 38.0 Å². The van der Waals surface area contributed by atoms with Gasteiger partial charge in [-0.25, -0.2) is 8.78 Å². The van der Waals surface area contributed by atoms with E-state index in [2.05, 4.69) is 41.7 Å². The summed E-state index contributed by atoms with van der Waals surface area (Å²) >= 11 is 13.3. The molecule has 1 aliphatic carbocycles. The Morgan fingerprint density at radius 2 is 1.69 bits per heavy atom. The number of amides is 2. The summed E-state index contributed by atoms with van der Waals surface area (Å²) in [6.07, 6.45) is 4.24. The molecule has 3 aromatic heterocycles. The van der Waals surface area contributed by atoms with E-state index in [0.29, 0.717) is 73.0 Å². The van der Waals surface area contributed by atoms with Gasteiger partial charge in [0.05, 0.1) is 40.1 Å². The van der Waals surface area contributed by atoms with Crippen LogP contribution in [0.2, 0.25) is 10.2 Å². The minimum absolute atomic E-state index is 0.101. The summed E-state index contributed by atoms with van der Waals surface area (Å²) in [5.41, 5.74) is 3.72. The van der Waals surface area contributed by atoms with Crippen LogP contribution >= 0.6 is 23.2 Å². The van der Waals surface area contributed by atoms with Gasteiger partial charge in [-0.3, -0.25) is 29.3 Å². The van der Waals surface area contributed by atoms with Crippen LogP contribution in [0.1, 0.15) is 50.1 Å². The molecule has 2 aromatic carbocycles. The number of rotatable bonds is 8. The van der Waals surface area contributed by atoms with Crippen LogP contribution in [0.3, 0.4) is 0 Å². The molecule has 1 saturated carbocycles. The van der Waals surface area contributed by atoms with Gasteiger partial charge in [0, 0.05) is 82.8 Å². The number of halogens is 4. The number of carbonyl (C=O) groups excluding carboxylic acids is 2. The Hall–Kier alpha value is -5.26. The summed E-state index contributed by atoms with van der Waals surface area (Å²) in [4.78, 5) is 54.1. The Kier molecular flexibility index (Phi) is 10.4. The quantitative estimate of drug-likeness (QED) is 0.123. The third-order valence-electron chi connectivity index (χ3n) is 13.2. The molecule has 0 bridgehead atoms. The van der Waals surface area contributed by atoms with Gasteiger partial charge in [0.15, 0.2) is 17.6 Å². The zero-order valence-electron chi connectivity index (χ0n) is 34.4. The first-order valence-electron chi connectivity index (χ1n) is 21.3. The number of fused-ring (bicyclic) bond motifs is 4. The third-order valence-corrected chi connectivity index (χ3v) is 14.0. The van der Waals surface area contributed by atoms with Crippen molar-refractivity contribution in [3.63, 3.8) is 0 Å². The highest BCUT2D eigenvalue weighted by molar-refractivity contribution is 6.42. The maximum atomic E-state index is 15.2. The molecule has 3 saturated heterocycles. The maximum Gasteiger partial charge on any atom is 0.301 e. The molecule has 3 N–H and O–H groups in total. The number of aromatic nitrogens is 5. The van der Waals surface area contributed by atoms with Gasteiger partial charge in [0.1, 0.15) is 5.02 Å². The molecule has 4 fully saturated rings. The number of carbonyl (C=O) groups is 2. The van der Waals surface area contributed by atoms with Crippen molar-refractivity contribution in [1.82, 2.24) is 34.5 Å². The first-order valence-corrected chi connectivity index (χ1v) is 22.0. The lowest BCUT2D eigenvalue weighted by Gasteiger charge is -2.39. The van der Waals surface area contributed by atoms with Crippen molar-refractivity contribution < 1.29 is 23.1 Å². The highest BCUT2D eigenvalue weighted by Gasteiger charge is 2.51. The lowest BCUT2D eigenvalue weighted by atomic mass is 9.92. The van der Waals surface area contributed by atoms with E-state index in [1.165, 1.54) is 4.57 Å². The van der Waals surface area contributed by atoms with Gasteiger partial charge in [-0.2, -0.15) is 15.1 Å². The van der Waals surface area contributed by atoms with Crippen molar-refractivity contribution in [3.05, 3.63) is 62.6 Å². The molecule has 19 heteroatoms. The van der Waals surface area contributed by atoms with E-state index in [9.17, 15) is 14.4 Å². The second-order valence-electron chi connectivity index (χ2n) is 17.3. The number of nitrogens with zero attached hydrogens (tertiary/aromatic N) is 8. The number of nitrogens with one attached hydrogen (secondary N) is 3. The third kappa shape index (κ3) is 7.44. The van der Waals surface area contributed by atoms with Gasteiger partial charge in [0.2, 0.25) is 23.5 Å². The minimum atomic E-state index is -3.15. The molecule has 0 radical (unpaired) electrons. The van der Waals surface area contributed by atoms with Crippen molar-refractivity contribution in [2.45, 2.75) is 56.4 Å². The molecule has 4 aliphatic heterocycles. The second kappa shape index (κ2) is 15.8. The van der Waals surface area contributed by atoms with Gasteiger partial charge in [-0.05, 0) is 68.2 Å². The number of aryl methyl sites for hydroxylation is 2. The van der Waals surface area contributed by atoms with Crippen LogP contribution in [0, 0.1) is 11.8 Å². The Balaban J connectivity index is 0.790. The second-order valence-corrected chi connectivity index (χ2v) is 18.1. The molecule has 0 spiro atoms. The smallest absolute Gasteiger partial charge is 0.301 e. The molecule has 62 heavy (non-hydrogen) atoms. The summed E-state index contributed by atoms with van der Waals surface area (Å²) < 4.78 is 39.2. The monoisotopic (exact) mass is 889 g/mol. The topological polar surface area (TPSA) is 155 Å². The molecular weight excluding hydrogens is 843 g/mol. The van der Waals surface area contributed by atoms with Crippen molar-refractivity contribution in [2.75, 3.05) is 72.9 Å². The molecule has 2 amide bonds. The number of ether oxygens (including phenoxy) is 1. The number of alkyl halides is 2. The Labute approximate surface area is 365 Å². The average Bonchev–Trinajstić information content (AvgIpc) is 4.06. The number of anilines is 5. The van der Waals surface area contributed by atoms with E-state index in [0.717, 1.165) is 67.8 Å². The lowest BCUT2D eigenvalue weighted by molar-refractivity contribution is -0.134. The first-order chi connectivity index (χ1) is 29.8. The van der Waals surface area contributed by atoms with E-state index < -0.39 is 30.0 Å². The van der Waals surface area contributed by atoms with Crippen LogP contribution in [0.15, 0.2) is 41.2 Å². The van der Waals surface area contributed by atoms with Gasteiger partial charge >= 0.3 is 5.92 Å². The van der Waals surface area contributed by atoms with E-state index in [-0.39, 0.29) is 39.3 Å². The van der Waals surface area contributed by atoms with Crippen molar-refractivity contribution in [2.24, 2.45) is 25.9 Å². The predicted molar refractivity (Wildman–Crippen MR) is 235 cm³/mol. The van der Waals surface area contributed by atoms with Gasteiger partial charge in [0.25, 0.3) is 5.56 Å². The number of hydrogen-bond acceptors (Lipinski definition) is 12. The van der Waals surface area contributed by atoms with Gasteiger partial charge in [-0.15, -0.1) is 0 Å². The molecule has 10 rings (SSSR count). The van der Waals surface area contributed by atoms with Crippen molar-refractivity contribution in [3.8, 4) is 5.75 Å². The summed E-state index contributed by atoms with van der Waals surface area (Å²) in [6, 6.07) is 10.3. The molecular formula is C43H47Cl2F2N11O4. The fourth-order valence-corrected chi connectivity index (χ4v) is 10.0. The number of imide groups is 1. The number of hydrogen-bond donors (Lipinski definition) is 3. The number of benzene rings is 2. The predicted octanol–water partition coefficient (Wildman–Crippen LogP) is 6.04. The first kappa shape index (κ1) is 40.8. The Bertz CT molecular complexity index is 2670. The molecule has 2 atom stereocenters. The Morgan fingerprint density at radius 3 is 2.44 bits per heavy atom. The van der Waals surface area contributed by atoms with E-state index in [1.54, 1.807) is 25.2 Å². The lowest BCUT2D eigenvalue weighted by Crippen LogP contribution is -2.49. The highest BCUT2D eigenvalue weighted by atomic mass is 35.5. The van der Waals surface area contributed by atoms with Crippen molar-refractivity contribution >= 4 is 85.7 Å². The van der Waals surface area contributed by atoms with Crippen LogP contribution in [-0.4, -0.2) is 105 Å². The van der Waals surface area contributed by atoms with Gasteiger partial charge < -0.3 is 29.7 Å². The van der Waals surface area contributed by atoms with E-state index >= 15 is 8.78 Å². The zero-order chi connectivity index (χ0) is 43.0. The largest absolute Gasteiger partial charge is 0.480 e. The fraction of sp³-hybridized carbons (Fsp3) is 0.488. The minimum Gasteiger partial charge on any atom is -0.480 e. The highest BCUT2D eigenvalue weighted by Crippen LogP contribution is 2.46. The summed E-state index contributed by atoms with van der Waals surface area (Å²) in [7, 11) is 3.51. The molecule has 7 heterocycles. The normalized spacial score (nSPS) is 22.3. The number of pyridine rings is 1. The maximum absolute atomic E-state index is 15.2. The van der Waals surface area contributed by atoms with Crippen LogP contribution in [0.4, 0.5) is 37.6 Å². The number of para-hydroxylation sites is 1. The number of piperidine rings is 2. The molecule has 326 valence electrons. The average molecular weight is 891 g/mol. The summed E-state index contributed by atoms with van der Waals surface area (Å²) in [5.74, 6) is -3.15. The van der Waals surface area contributed by atoms with Crippen LogP contribution in [-0.2, 0) is 23.7 Å². The molecule has 15 nitrogen and oxygen atoms in total. The zero-order valence-corrected chi connectivity index (χ0v) is 35.9. The molecule has 1 unspecified atom stereocenters. The Morgan fingerprint density at radius 1 is 0.919 bits per heavy atom. The molecule has 5 aliphatic rings. The van der Waals surface area contributed by atoms with E-state index in [1.807, 2.05) is 23.9 Å².